The Hall–Kier alpha value is -3.87. The fraction of sp³-hybridized carbons (Fsp3) is 0.240. The van der Waals surface area contributed by atoms with Crippen LogP contribution in [-0.2, 0) is 13.1 Å². The molecule has 2 N–H and O–H groups in total. The zero-order chi connectivity index (χ0) is 22.3. The molecule has 0 unspecified atom stereocenters. The van der Waals surface area contributed by atoms with Crippen molar-refractivity contribution in [3.63, 3.8) is 0 Å². The monoisotopic (exact) mass is 429 g/mol. The van der Waals surface area contributed by atoms with Crippen LogP contribution >= 0.6 is 0 Å². The van der Waals surface area contributed by atoms with Crippen LogP contribution in [0, 0.1) is 13.8 Å². The van der Waals surface area contributed by atoms with E-state index in [-0.39, 0.29) is 0 Å². The van der Waals surface area contributed by atoms with E-state index in [1.54, 1.807) is 12.5 Å². The number of guanidine groups is 1. The second-order valence-electron chi connectivity index (χ2n) is 7.54. The van der Waals surface area contributed by atoms with Gasteiger partial charge in [-0.1, -0.05) is 47.5 Å². The van der Waals surface area contributed by atoms with Gasteiger partial charge in [0.05, 0.1) is 19.3 Å². The van der Waals surface area contributed by atoms with Crippen molar-refractivity contribution in [3.05, 3.63) is 83.7 Å². The van der Waals surface area contributed by atoms with Gasteiger partial charge in [-0.15, -0.1) is 0 Å². The Bertz CT molecular complexity index is 1170. The molecular weight excluding hydrogens is 402 g/mol. The molecule has 0 aliphatic heterocycles. The summed E-state index contributed by atoms with van der Waals surface area (Å²) in [5, 5.41) is 6.47. The molecule has 4 aromatic rings. The quantitative estimate of drug-likeness (QED) is 0.322. The summed E-state index contributed by atoms with van der Waals surface area (Å²) in [6.07, 6.45) is 3.39. The van der Waals surface area contributed by atoms with Gasteiger partial charge in [0.1, 0.15) is 12.0 Å². The molecule has 32 heavy (non-hydrogen) atoms. The molecule has 2 aromatic heterocycles. The van der Waals surface area contributed by atoms with E-state index < -0.39 is 0 Å². The van der Waals surface area contributed by atoms with Gasteiger partial charge in [0, 0.05) is 17.7 Å². The van der Waals surface area contributed by atoms with Gasteiger partial charge < -0.3 is 19.5 Å². The van der Waals surface area contributed by atoms with E-state index in [2.05, 4.69) is 51.6 Å². The summed E-state index contributed by atoms with van der Waals surface area (Å²) in [5.41, 5.74) is 5.12. The fourth-order valence-corrected chi connectivity index (χ4v) is 3.11. The predicted octanol–water partition coefficient (Wildman–Crippen LogP) is 4.87. The van der Waals surface area contributed by atoms with Crippen molar-refractivity contribution >= 4 is 5.96 Å². The predicted molar refractivity (Wildman–Crippen MR) is 125 cm³/mol. The van der Waals surface area contributed by atoms with Crippen LogP contribution in [0.3, 0.4) is 0 Å². The van der Waals surface area contributed by atoms with Crippen molar-refractivity contribution in [2.75, 3.05) is 6.54 Å². The number of oxazole rings is 2. The molecule has 2 heterocycles. The number of hydrogen-bond acceptors (Lipinski definition) is 5. The van der Waals surface area contributed by atoms with E-state index in [0.29, 0.717) is 30.8 Å². The summed E-state index contributed by atoms with van der Waals surface area (Å²) >= 11 is 0. The minimum atomic E-state index is 0.394. The minimum Gasteiger partial charge on any atom is -0.444 e. The molecule has 0 spiro atoms. The lowest BCUT2D eigenvalue weighted by molar-refractivity contribution is 0.497. The molecule has 7 nitrogen and oxygen atoms in total. The third kappa shape index (κ3) is 5.43. The molecule has 0 aliphatic rings. The van der Waals surface area contributed by atoms with Crippen molar-refractivity contribution in [1.29, 1.82) is 0 Å². The van der Waals surface area contributed by atoms with E-state index in [4.69, 9.17) is 8.83 Å². The van der Waals surface area contributed by atoms with Gasteiger partial charge in [-0.3, -0.25) is 0 Å². The smallest absolute Gasteiger partial charge is 0.226 e. The molecule has 7 heteroatoms. The molecule has 0 amide bonds. The maximum Gasteiger partial charge on any atom is 0.226 e. The number of hydrogen-bond donors (Lipinski definition) is 2. The highest BCUT2D eigenvalue weighted by Crippen LogP contribution is 2.21. The van der Waals surface area contributed by atoms with Gasteiger partial charge in [0.2, 0.25) is 11.8 Å². The van der Waals surface area contributed by atoms with Crippen molar-refractivity contribution < 1.29 is 8.83 Å². The normalized spacial score (nSPS) is 11.5. The molecule has 0 saturated heterocycles. The van der Waals surface area contributed by atoms with E-state index >= 15 is 0 Å². The number of nitrogens with zero attached hydrogens (tertiary/aromatic N) is 3. The van der Waals surface area contributed by atoms with Gasteiger partial charge in [0.15, 0.2) is 11.7 Å². The van der Waals surface area contributed by atoms with E-state index in [1.807, 2.05) is 43.3 Å². The average molecular weight is 430 g/mol. The highest BCUT2D eigenvalue weighted by molar-refractivity contribution is 5.79. The summed E-state index contributed by atoms with van der Waals surface area (Å²) in [7, 11) is 0. The van der Waals surface area contributed by atoms with Gasteiger partial charge in [-0.25, -0.2) is 15.0 Å². The number of nitrogens with one attached hydrogen (secondary N) is 2. The molecule has 0 fully saturated rings. The van der Waals surface area contributed by atoms with Crippen LogP contribution in [-0.4, -0.2) is 22.5 Å². The third-order valence-corrected chi connectivity index (χ3v) is 4.89. The Kier molecular flexibility index (Phi) is 6.65. The second-order valence-corrected chi connectivity index (χ2v) is 7.54. The Labute approximate surface area is 187 Å². The first-order chi connectivity index (χ1) is 15.6. The third-order valence-electron chi connectivity index (χ3n) is 4.89. The Balaban J connectivity index is 1.37. The first kappa shape index (κ1) is 21.4. The lowest BCUT2D eigenvalue weighted by atomic mass is 10.1. The molecule has 0 bridgehead atoms. The molecule has 0 radical (unpaired) electrons. The zero-order valence-electron chi connectivity index (χ0n) is 18.6. The Morgan fingerprint density at radius 2 is 1.62 bits per heavy atom. The number of aromatic nitrogens is 2. The largest absolute Gasteiger partial charge is 0.444 e. The van der Waals surface area contributed by atoms with E-state index in [9.17, 15) is 0 Å². The summed E-state index contributed by atoms with van der Waals surface area (Å²) < 4.78 is 11.5. The molecule has 0 saturated carbocycles. The summed E-state index contributed by atoms with van der Waals surface area (Å²) in [4.78, 5) is 13.5. The highest BCUT2D eigenvalue weighted by atomic mass is 16.4. The maximum atomic E-state index is 5.88. The Morgan fingerprint density at radius 3 is 2.31 bits per heavy atom. The summed E-state index contributed by atoms with van der Waals surface area (Å²) in [5.74, 6) is 2.59. The SMILES string of the molecule is CCNC(=NCc1coc(-c2ccc(C)cc2)n1)NCc1ncc(-c2ccc(C)cc2)o1. The van der Waals surface area contributed by atoms with Crippen molar-refractivity contribution in [3.8, 4) is 22.8 Å². The number of rotatable bonds is 7. The van der Waals surface area contributed by atoms with Crippen molar-refractivity contribution in [2.24, 2.45) is 4.99 Å². The zero-order valence-corrected chi connectivity index (χ0v) is 18.6. The first-order valence-corrected chi connectivity index (χ1v) is 10.7. The number of aryl methyl sites for hydroxylation is 2. The summed E-state index contributed by atoms with van der Waals surface area (Å²) in [6, 6.07) is 16.2. The fourth-order valence-electron chi connectivity index (χ4n) is 3.11. The van der Waals surface area contributed by atoms with Gasteiger partial charge >= 0.3 is 0 Å². The molecule has 2 aromatic carbocycles. The average Bonchev–Trinajstić information content (AvgIpc) is 3.47. The second kappa shape index (κ2) is 9.96. The molecule has 0 aliphatic carbocycles. The van der Waals surface area contributed by atoms with Crippen LogP contribution in [0.2, 0.25) is 0 Å². The number of aliphatic imine (C=N–C) groups is 1. The van der Waals surface area contributed by atoms with Gasteiger partial charge in [0.25, 0.3) is 0 Å². The molecule has 164 valence electrons. The van der Waals surface area contributed by atoms with Crippen LogP contribution in [0.4, 0.5) is 0 Å². The van der Waals surface area contributed by atoms with E-state index in [0.717, 1.165) is 29.1 Å². The van der Waals surface area contributed by atoms with Crippen molar-refractivity contribution in [2.45, 2.75) is 33.9 Å². The Morgan fingerprint density at radius 1 is 0.938 bits per heavy atom. The van der Waals surface area contributed by atoms with Crippen LogP contribution in [0.15, 0.2) is 74.8 Å². The molecular formula is C25H27N5O2. The van der Waals surface area contributed by atoms with Crippen LogP contribution in [0.25, 0.3) is 22.8 Å². The minimum absolute atomic E-state index is 0.394. The summed E-state index contributed by atoms with van der Waals surface area (Å²) in [6.45, 7) is 7.68. The van der Waals surface area contributed by atoms with Crippen LogP contribution in [0.5, 0.6) is 0 Å². The first-order valence-electron chi connectivity index (χ1n) is 10.7. The maximum absolute atomic E-state index is 5.88. The van der Waals surface area contributed by atoms with E-state index in [1.165, 1.54) is 11.1 Å². The lowest BCUT2D eigenvalue weighted by Gasteiger charge is -2.09. The topological polar surface area (TPSA) is 88.5 Å². The van der Waals surface area contributed by atoms with Crippen molar-refractivity contribution in [1.82, 2.24) is 20.6 Å². The van der Waals surface area contributed by atoms with Crippen LogP contribution < -0.4 is 10.6 Å². The number of benzene rings is 2. The van der Waals surface area contributed by atoms with Gasteiger partial charge in [-0.05, 0) is 32.9 Å². The van der Waals surface area contributed by atoms with Crippen LogP contribution in [0.1, 0.15) is 29.6 Å². The van der Waals surface area contributed by atoms with Gasteiger partial charge in [-0.2, -0.15) is 0 Å². The molecule has 4 rings (SSSR count). The molecule has 0 atom stereocenters. The lowest BCUT2D eigenvalue weighted by Crippen LogP contribution is -2.36. The standard InChI is InChI=1S/C25H27N5O2/c1-4-26-25(28-13-21-16-31-24(30-21)20-11-7-18(3)8-12-20)29-15-23-27-14-22(32-23)19-9-5-17(2)6-10-19/h5-12,14,16H,4,13,15H2,1-3H3,(H2,26,28,29). The highest BCUT2D eigenvalue weighted by Gasteiger charge is 2.09.